The number of carbonyl (C=O) groups is 2. The molecule has 0 heterocycles. The number of hydrogen-bond acceptors (Lipinski definition) is 5. The Hall–Kier alpha value is -2.06. The summed E-state index contributed by atoms with van der Waals surface area (Å²) in [4.78, 5) is 24.1. The quantitative estimate of drug-likeness (QED) is 0.311. The fourth-order valence-electron chi connectivity index (χ4n) is 2.46. The first kappa shape index (κ1) is 23.0. The average molecular weight is 376 g/mol. The summed E-state index contributed by atoms with van der Waals surface area (Å²) in [5.41, 5.74) is 0.320. The zero-order valence-electron chi connectivity index (χ0n) is 16.5. The zero-order valence-corrected chi connectivity index (χ0v) is 16.5. The smallest absolute Gasteiger partial charge is 0.537 e. The van der Waals surface area contributed by atoms with E-state index in [0.29, 0.717) is 38.6 Å². The van der Waals surface area contributed by atoms with E-state index in [1.165, 1.54) is 0 Å². The largest absolute Gasteiger partial charge is 0.569 e. The van der Waals surface area contributed by atoms with E-state index in [4.69, 9.17) is 9.68 Å². The van der Waals surface area contributed by atoms with Gasteiger partial charge in [0.05, 0.1) is 0 Å². The fourth-order valence-corrected chi connectivity index (χ4v) is 2.46. The SMILES string of the molecule is CCC(C)(CC)C(=O)NCCCNCCC(=O)Nc1cccc(O[B]O)c1. The predicted octanol–water partition coefficient (Wildman–Crippen LogP) is 1.84. The first-order valence-corrected chi connectivity index (χ1v) is 9.46. The van der Waals surface area contributed by atoms with Gasteiger partial charge in [0.1, 0.15) is 5.75 Å². The van der Waals surface area contributed by atoms with Crippen LogP contribution < -0.4 is 20.6 Å². The van der Waals surface area contributed by atoms with E-state index in [0.717, 1.165) is 25.8 Å². The molecule has 27 heavy (non-hydrogen) atoms. The van der Waals surface area contributed by atoms with Crippen LogP contribution in [0, 0.1) is 5.41 Å². The minimum absolute atomic E-state index is 0.108. The molecule has 0 spiro atoms. The first-order chi connectivity index (χ1) is 12.9. The molecule has 0 atom stereocenters. The lowest BCUT2D eigenvalue weighted by atomic mass is 9.84. The second-order valence-electron chi connectivity index (χ2n) is 6.68. The van der Waals surface area contributed by atoms with Crippen molar-refractivity contribution in [1.29, 1.82) is 0 Å². The van der Waals surface area contributed by atoms with Crippen LogP contribution in [-0.4, -0.2) is 44.2 Å². The molecular weight excluding hydrogens is 345 g/mol. The molecule has 0 aliphatic rings. The number of nitrogens with one attached hydrogen (secondary N) is 3. The van der Waals surface area contributed by atoms with Crippen LogP contribution in [-0.2, 0) is 9.59 Å². The molecular formula is C19H31BN3O4. The summed E-state index contributed by atoms with van der Waals surface area (Å²) in [5, 5.41) is 17.6. The van der Waals surface area contributed by atoms with Crippen molar-refractivity contribution in [2.75, 3.05) is 25.0 Å². The number of rotatable bonds is 13. The van der Waals surface area contributed by atoms with Crippen LogP contribution in [0.15, 0.2) is 24.3 Å². The van der Waals surface area contributed by atoms with E-state index >= 15 is 0 Å². The molecule has 2 amide bonds. The van der Waals surface area contributed by atoms with Crippen molar-refractivity contribution in [1.82, 2.24) is 10.6 Å². The lowest BCUT2D eigenvalue weighted by Gasteiger charge is -2.25. The number of hydrogen-bond donors (Lipinski definition) is 4. The van der Waals surface area contributed by atoms with Crippen LogP contribution in [0.25, 0.3) is 0 Å². The van der Waals surface area contributed by atoms with Gasteiger partial charge in [-0.25, -0.2) is 0 Å². The van der Waals surface area contributed by atoms with Crippen LogP contribution in [0.4, 0.5) is 5.69 Å². The highest BCUT2D eigenvalue weighted by molar-refractivity contribution is 6.17. The van der Waals surface area contributed by atoms with Gasteiger partial charge in [0, 0.05) is 36.7 Å². The van der Waals surface area contributed by atoms with Crippen LogP contribution in [0.2, 0.25) is 0 Å². The highest BCUT2D eigenvalue weighted by atomic mass is 16.5. The molecule has 1 aromatic rings. The Kier molecular flexibility index (Phi) is 10.5. The maximum atomic E-state index is 12.1. The van der Waals surface area contributed by atoms with Gasteiger partial charge in [0.15, 0.2) is 0 Å². The Labute approximate surface area is 162 Å². The number of carbonyl (C=O) groups excluding carboxylic acids is 2. The molecule has 8 heteroatoms. The van der Waals surface area contributed by atoms with Gasteiger partial charge in [-0.3, -0.25) is 9.59 Å². The second kappa shape index (κ2) is 12.4. The number of benzene rings is 1. The molecule has 0 aliphatic heterocycles. The van der Waals surface area contributed by atoms with E-state index in [1.807, 2.05) is 20.8 Å². The summed E-state index contributed by atoms with van der Waals surface area (Å²) in [6, 6.07) is 6.77. The third kappa shape index (κ3) is 8.45. The maximum absolute atomic E-state index is 12.1. The van der Waals surface area contributed by atoms with Gasteiger partial charge in [-0.05, 0) is 37.9 Å². The molecule has 1 rings (SSSR count). The molecule has 0 aliphatic carbocycles. The van der Waals surface area contributed by atoms with Gasteiger partial charge < -0.3 is 25.6 Å². The minimum Gasteiger partial charge on any atom is -0.537 e. The summed E-state index contributed by atoms with van der Waals surface area (Å²) < 4.78 is 4.85. The topological polar surface area (TPSA) is 99.7 Å². The molecule has 1 radical (unpaired) electrons. The third-order valence-electron chi connectivity index (χ3n) is 4.76. The monoisotopic (exact) mass is 376 g/mol. The van der Waals surface area contributed by atoms with Crippen LogP contribution in [0.5, 0.6) is 5.75 Å². The zero-order chi connectivity index (χ0) is 20.1. The van der Waals surface area contributed by atoms with E-state index in [-0.39, 0.29) is 17.2 Å². The van der Waals surface area contributed by atoms with Crippen molar-refractivity contribution in [3.63, 3.8) is 0 Å². The first-order valence-electron chi connectivity index (χ1n) is 9.46. The van der Waals surface area contributed by atoms with Gasteiger partial charge in [-0.15, -0.1) is 0 Å². The maximum Gasteiger partial charge on any atom is 0.569 e. The van der Waals surface area contributed by atoms with Crippen LogP contribution >= 0.6 is 0 Å². The Morgan fingerprint density at radius 1 is 1.19 bits per heavy atom. The van der Waals surface area contributed by atoms with Gasteiger partial charge in [0.2, 0.25) is 11.8 Å². The highest BCUT2D eigenvalue weighted by Crippen LogP contribution is 2.25. The molecule has 0 unspecified atom stereocenters. The Bertz CT molecular complexity index is 594. The summed E-state index contributed by atoms with van der Waals surface area (Å²) in [6.07, 6.45) is 2.81. The molecule has 4 N–H and O–H groups in total. The van der Waals surface area contributed by atoms with Crippen molar-refractivity contribution in [2.45, 2.75) is 46.5 Å². The third-order valence-corrected chi connectivity index (χ3v) is 4.76. The summed E-state index contributed by atoms with van der Waals surface area (Å²) >= 11 is 0. The summed E-state index contributed by atoms with van der Waals surface area (Å²) in [7, 11) is 0.595. The fraction of sp³-hybridized carbons (Fsp3) is 0.579. The van der Waals surface area contributed by atoms with Crippen LogP contribution in [0.1, 0.15) is 46.5 Å². The molecule has 0 bridgehead atoms. The number of anilines is 1. The molecule has 0 aromatic heterocycles. The van der Waals surface area contributed by atoms with Gasteiger partial charge in [-0.2, -0.15) is 0 Å². The van der Waals surface area contributed by atoms with Crippen molar-refractivity contribution < 1.29 is 19.3 Å². The van der Waals surface area contributed by atoms with Crippen molar-refractivity contribution in [3.8, 4) is 5.75 Å². The molecule has 0 saturated carbocycles. The van der Waals surface area contributed by atoms with Gasteiger partial charge in [0.25, 0.3) is 0 Å². The molecule has 1 aromatic carbocycles. The second-order valence-corrected chi connectivity index (χ2v) is 6.68. The summed E-state index contributed by atoms with van der Waals surface area (Å²) in [5.74, 6) is 0.442. The lowest BCUT2D eigenvalue weighted by Crippen LogP contribution is -2.39. The van der Waals surface area contributed by atoms with Crippen molar-refractivity contribution in [3.05, 3.63) is 24.3 Å². The van der Waals surface area contributed by atoms with E-state index in [2.05, 4.69) is 16.0 Å². The summed E-state index contributed by atoms with van der Waals surface area (Å²) in [6.45, 7) is 7.97. The molecule has 0 fully saturated rings. The predicted molar refractivity (Wildman–Crippen MR) is 107 cm³/mol. The standard InChI is InChI=1S/C19H31BN3O4/c1-4-19(3,5-2)18(25)22-12-7-11-21-13-10-17(24)23-15-8-6-9-16(14-15)27-20-26/h6,8-9,14,21,26H,4-5,7,10-13H2,1-3H3,(H,22,25)(H,23,24). The molecule has 149 valence electrons. The highest BCUT2D eigenvalue weighted by Gasteiger charge is 2.28. The van der Waals surface area contributed by atoms with Gasteiger partial charge >= 0.3 is 7.69 Å². The Morgan fingerprint density at radius 2 is 1.93 bits per heavy atom. The molecule has 0 saturated heterocycles. The lowest BCUT2D eigenvalue weighted by molar-refractivity contribution is -0.130. The minimum atomic E-state index is -0.289. The normalized spacial score (nSPS) is 11.0. The average Bonchev–Trinajstić information content (AvgIpc) is 2.66. The van der Waals surface area contributed by atoms with Crippen LogP contribution in [0.3, 0.4) is 0 Å². The number of amides is 2. The molecule has 7 nitrogen and oxygen atoms in total. The van der Waals surface area contributed by atoms with Crippen molar-refractivity contribution in [2.24, 2.45) is 5.41 Å². The van der Waals surface area contributed by atoms with E-state index in [9.17, 15) is 9.59 Å². The Morgan fingerprint density at radius 3 is 2.59 bits per heavy atom. The van der Waals surface area contributed by atoms with E-state index in [1.54, 1.807) is 24.3 Å². The van der Waals surface area contributed by atoms with Gasteiger partial charge in [-0.1, -0.05) is 26.8 Å². The Balaban J connectivity index is 2.15. The van der Waals surface area contributed by atoms with E-state index < -0.39 is 0 Å². The van der Waals surface area contributed by atoms with Crippen molar-refractivity contribution >= 4 is 25.2 Å².